The summed E-state index contributed by atoms with van der Waals surface area (Å²) < 4.78 is 0. The van der Waals surface area contributed by atoms with Gasteiger partial charge < -0.3 is 5.73 Å². The molecule has 0 aromatic carbocycles. The minimum absolute atomic E-state index is 0.691. The van der Waals surface area contributed by atoms with Gasteiger partial charge in [-0.2, -0.15) is 0 Å². The van der Waals surface area contributed by atoms with Crippen LogP contribution in [0.25, 0.3) is 10.9 Å². The molecule has 0 aliphatic heterocycles. The molecule has 2 aromatic rings. The Hall–Kier alpha value is -1.64. The molecule has 0 fully saturated rings. The first-order valence-electron chi connectivity index (χ1n) is 3.73. The third kappa shape index (κ3) is 0.993. The lowest BCUT2D eigenvalue weighted by Crippen LogP contribution is -1.89. The summed E-state index contributed by atoms with van der Waals surface area (Å²) in [6.07, 6.45) is 5.19. The van der Waals surface area contributed by atoms with E-state index >= 15 is 0 Å². The first-order valence-corrected chi connectivity index (χ1v) is 3.73. The van der Waals surface area contributed by atoms with Crippen LogP contribution in [0, 0.1) is 6.92 Å². The summed E-state index contributed by atoms with van der Waals surface area (Å²) in [5.74, 6) is 0. The highest BCUT2D eigenvalue weighted by molar-refractivity contribution is 5.83. The fourth-order valence-corrected chi connectivity index (χ4v) is 1.20. The Kier molecular flexibility index (Phi) is 1.43. The predicted octanol–water partition coefficient (Wildman–Crippen LogP) is 1.52. The molecule has 60 valence electrons. The maximum Gasteiger partial charge on any atom is 0.0889 e. The zero-order valence-corrected chi connectivity index (χ0v) is 6.78. The third-order valence-electron chi connectivity index (χ3n) is 1.83. The molecule has 0 atom stereocenters. The number of fused-ring (bicyclic) bond motifs is 1. The quantitative estimate of drug-likeness (QED) is 0.634. The fourth-order valence-electron chi connectivity index (χ4n) is 1.20. The van der Waals surface area contributed by atoms with Gasteiger partial charge in [0.05, 0.1) is 23.6 Å². The minimum atomic E-state index is 0.691. The fraction of sp³-hybridized carbons (Fsp3) is 0.111. The van der Waals surface area contributed by atoms with E-state index in [1.807, 2.05) is 19.2 Å². The maximum atomic E-state index is 5.61. The molecule has 2 rings (SSSR count). The van der Waals surface area contributed by atoms with Crippen molar-refractivity contribution >= 4 is 16.6 Å². The van der Waals surface area contributed by atoms with E-state index < -0.39 is 0 Å². The van der Waals surface area contributed by atoms with E-state index in [4.69, 9.17) is 5.73 Å². The zero-order chi connectivity index (χ0) is 8.55. The van der Waals surface area contributed by atoms with Gasteiger partial charge in [-0.25, -0.2) is 0 Å². The second-order valence-electron chi connectivity index (χ2n) is 2.79. The molecular weight excluding hydrogens is 150 g/mol. The topological polar surface area (TPSA) is 51.8 Å². The van der Waals surface area contributed by atoms with Crippen molar-refractivity contribution in [1.82, 2.24) is 9.97 Å². The smallest absolute Gasteiger partial charge is 0.0889 e. The summed E-state index contributed by atoms with van der Waals surface area (Å²) in [6, 6.07) is 1.92. The highest BCUT2D eigenvalue weighted by atomic mass is 14.7. The number of rotatable bonds is 0. The highest BCUT2D eigenvalue weighted by Gasteiger charge is 1.97. The first-order chi connectivity index (χ1) is 5.77. The van der Waals surface area contributed by atoms with Gasteiger partial charge in [-0.15, -0.1) is 0 Å². The summed E-state index contributed by atoms with van der Waals surface area (Å²) in [5, 5.41) is 1.07. The Morgan fingerprint density at radius 2 is 2.08 bits per heavy atom. The normalized spacial score (nSPS) is 10.4. The lowest BCUT2D eigenvalue weighted by Gasteiger charge is -2.00. The molecule has 2 aromatic heterocycles. The molecule has 0 saturated heterocycles. The summed E-state index contributed by atoms with van der Waals surface area (Å²) in [6.45, 7) is 2.00. The van der Waals surface area contributed by atoms with Crippen LogP contribution in [0.15, 0.2) is 24.7 Å². The molecule has 3 heteroatoms. The van der Waals surface area contributed by atoms with Gasteiger partial charge >= 0.3 is 0 Å². The summed E-state index contributed by atoms with van der Waals surface area (Å²) >= 11 is 0. The Morgan fingerprint density at radius 1 is 1.25 bits per heavy atom. The first kappa shape index (κ1) is 7.03. The Balaban J connectivity index is 2.88. The SMILES string of the molecule is Cc1cncc2ncc(N)cc12. The van der Waals surface area contributed by atoms with E-state index in [-0.39, 0.29) is 0 Å². The Bertz CT molecular complexity index is 423. The summed E-state index contributed by atoms with van der Waals surface area (Å²) in [7, 11) is 0. The predicted molar refractivity (Wildman–Crippen MR) is 48.7 cm³/mol. The lowest BCUT2D eigenvalue weighted by molar-refractivity contribution is 1.27. The minimum Gasteiger partial charge on any atom is -0.397 e. The molecule has 12 heavy (non-hydrogen) atoms. The van der Waals surface area contributed by atoms with E-state index in [0.29, 0.717) is 5.69 Å². The summed E-state index contributed by atoms with van der Waals surface area (Å²) in [5.41, 5.74) is 8.30. The van der Waals surface area contributed by atoms with Crippen molar-refractivity contribution in [3.8, 4) is 0 Å². The van der Waals surface area contributed by atoms with Crippen LogP contribution < -0.4 is 5.73 Å². The van der Waals surface area contributed by atoms with E-state index in [2.05, 4.69) is 9.97 Å². The lowest BCUT2D eigenvalue weighted by atomic mass is 10.2. The number of nitrogens with zero attached hydrogens (tertiary/aromatic N) is 2. The third-order valence-corrected chi connectivity index (χ3v) is 1.83. The molecule has 0 saturated carbocycles. The van der Waals surface area contributed by atoms with Crippen LogP contribution in [-0.4, -0.2) is 9.97 Å². The second kappa shape index (κ2) is 2.44. The van der Waals surface area contributed by atoms with Crippen molar-refractivity contribution in [1.29, 1.82) is 0 Å². The number of anilines is 1. The van der Waals surface area contributed by atoms with Gasteiger partial charge in [-0.1, -0.05) is 0 Å². The van der Waals surface area contributed by atoms with Crippen molar-refractivity contribution in [2.45, 2.75) is 6.92 Å². The second-order valence-corrected chi connectivity index (χ2v) is 2.79. The number of pyridine rings is 2. The van der Waals surface area contributed by atoms with Crippen LogP contribution in [0.2, 0.25) is 0 Å². The Labute approximate surface area is 70.3 Å². The van der Waals surface area contributed by atoms with Gasteiger partial charge in [0.15, 0.2) is 0 Å². The number of aromatic nitrogens is 2. The standard InChI is InChI=1S/C9H9N3/c1-6-3-11-5-9-8(6)2-7(10)4-12-9/h2-5H,10H2,1H3. The number of aryl methyl sites for hydroxylation is 1. The highest BCUT2D eigenvalue weighted by Crippen LogP contribution is 2.16. The zero-order valence-electron chi connectivity index (χ0n) is 6.78. The maximum absolute atomic E-state index is 5.61. The molecule has 2 heterocycles. The van der Waals surface area contributed by atoms with Crippen LogP contribution in [0.3, 0.4) is 0 Å². The van der Waals surface area contributed by atoms with Crippen molar-refractivity contribution in [3.05, 3.63) is 30.2 Å². The van der Waals surface area contributed by atoms with E-state index in [9.17, 15) is 0 Å². The van der Waals surface area contributed by atoms with E-state index in [0.717, 1.165) is 16.5 Å². The van der Waals surface area contributed by atoms with Gasteiger partial charge in [-0.05, 0) is 18.6 Å². The molecule has 2 N–H and O–H groups in total. The van der Waals surface area contributed by atoms with E-state index in [1.54, 1.807) is 12.4 Å². The van der Waals surface area contributed by atoms with Crippen LogP contribution in [0.4, 0.5) is 5.69 Å². The van der Waals surface area contributed by atoms with Crippen molar-refractivity contribution in [3.63, 3.8) is 0 Å². The Morgan fingerprint density at radius 3 is 2.92 bits per heavy atom. The molecule has 0 aliphatic rings. The van der Waals surface area contributed by atoms with Crippen molar-refractivity contribution < 1.29 is 0 Å². The number of hydrogen-bond acceptors (Lipinski definition) is 3. The summed E-state index contributed by atoms with van der Waals surface area (Å²) in [4.78, 5) is 8.19. The molecular formula is C9H9N3. The molecule has 0 amide bonds. The van der Waals surface area contributed by atoms with Gasteiger partial charge in [0.2, 0.25) is 0 Å². The van der Waals surface area contributed by atoms with Crippen molar-refractivity contribution in [2.75, 3.05) is 5.73 Å². The van der Waals surface area contributed by atoms with Gasteiger partial charge in [-0.3, -0.25) is 9.97 Å². The number of nitrogens with two attached hydrogens (primary N) is 1. The monoisotopic (exact) mass is 159 g/mol. The van der Waals surface area contributed by atoms with Gasteiger partial charge in [0, 0.05) is 11.6 Å². The largest absolute Gasteiger partial charge is 0.397 e. The molecule has 0 radical (unpaired) electrons. The van der Waals surface area contributed by atoms with Crippen molar-refractivity contribution in [2.24, 2.45) is 0 Å². The number of hydrogen-bond donors (Lipinski definition) is 1. The van der Waals surface area contributed by atoms with Gasteiger partial charge in [0.1, 0.15) is 0 Å². The molecule has 3 nitrogen and oxygen atoms in total. The number of nitrogen functional groups attached to an aromatic ring is 1. The molecule has 0 bridgehead atoms. The van der Waals surface area contributed by atoms with E-state index in [1.165, 1.54) is 0 Å². The molecule has 0 unspecified atom stereocenters. The van der Waals surface area contributed by atoms with Crippen LogP contribution in [0.5, 0.6) is 0 Å². The average Bonchev–Trinajstić information content (AvgIpc) is 2.07. The van der Waals surface area contributed by atoms with Gasteiger partial charge in [0.25, 0.3) is 0 Å². The average molecular weight is 159 g/mol. The molecule has 0 aliphatic carbocycles. The van der Waals surface area contributed by atoms with Crippen LogP contribution in [-0.2, 0) is 0 Å². The molecule has 0 spiro atoms. The van der Waals surface area contributed by atoms with Crippen LogP contribution in [0.1, 0.15) is 5.56 Å². The van der Waals surface area contributed by atoms with Crippen LogP contribution >= 0.6 is 0 Å².